The predicted octanol–water partition coefficient (Wildman–Crippen LogP) is 8.29. The summed E-state index contributed by atoms with van der Waals surface area (Å²) in [4.78, 5) is 0.415. The smallest absolute Gasteiger partial charge is 0.244 e. The molecule has 0 saturated heterocycles. The Kier molecular flexibility index (Phi) is 15.2. The fraction of sp³-hybridized carbons (Fsp3) is 0.636. The highest BCUT2D eigenvalue weighted by Crippen LogP contribution is 2.37. The number of hydrogen-bond donors (Lipinski definition) is 1. The van der Waals surface area contributed by atoms with Crippen molar-refractivity contribution in [2.45, 2.75) is 129 Å². The minimum Gasteiger partial charge on any atom is -0.381 e. The molecule has 0 saturated carbocycles. The monoisotopic (exact) mass is 543 g/mol. The van der Waals surface area contributed by atoms with E-state index < -0.39 is 16.1 Å². The van der Waals surface area contributed by atoms with Gasteiger partial charge in [0.15, 0.2) is 0 Å². The number of aliphatic hydroxyl groups is 1. The normalized spacial score (nSPS) is 12.7. The number of allylic oxidation sites excluding steroid dienone is 1. The molecule has 5 heteroatoms. The van der Waals surface area contributed by atoms with Crippen LogP contribution in [0.2, 0.25) is 0 Å². The van der Waals surface area contributed by atoms with E-state index >= 15 is 0 Å². The highest BCUT2D eigenvalue weighted by Gasteiger charge is 2.32. The van der Waals surface area contributed by atoms with Gasteiger partial charge in [-0.2, -0.15) is 4.31 Å². The summed E-state index contributed by atoms with van der Waals surface area (Å²) < 4.78 is 30.1. The van der Waals surface area contributed by atoms with Crippen molar-refractivity contribution in [2.75, 3.05) is 13.1 Å². The van der Waals surface area contributed by atoms with E-state index in [0.717, 1.165) is 47.9 Å². The van der Waals surface area contributed by atoms with Crippen LogP contribution in [0, 0.1) is 11.8 Å². The van der Waals surface area contributed by atoms with Crippen LogP contribution in [-0.2, 0) is 10.0 Å². The van der Waals surface area contributed by atoms with Gasteiger partial charge in [0.05, 0.1) is 11.4 Å². The first-order valence-electron chi connectivity index (χ1n) is 14.4. The van der Waals surface area contributed by atoms with Crippen molar-refractivity contribution in [3.8, 4) is 11.8 Å². The molecule has 1 unspecified atom stereocenters. The molecule has 0 radical (unpaired) electrons. The molecule has 0 aliphatic carbocycles. The average molecular weight is 544 g/mol. The summed E-state index contributed by atoms with van der Waals surface area (Å²) in [6, 6.07) is 4.13. The van der Waals surface area contributed by atoms with Gasteiger partial charge in [0.1, 0.15) is 6.10 Å². The zero-order chi connectivity index (χ0) is 28.9. The van der Waals surface area contributed by atoms with Gasteiger partial charge in [0.2, 0.25) is 10.0 Å². The number of sulfonamides is 1. The van der Waals surface area contributed by atoms with Crippen LogP contribution in [0.1, 0.15) is 134 Å². The largest absolute Gasteiger partial charge is 0.381 e. The molecule has 0 spiro atoms. The molecule has 0 aliphatic rings. The van der Waals surface area contributed by atoms with Crippen molar-refractivity contribution in [1.29, 1.82) is 0 Å². The van der Waals surface area contributed by atoms with Gasteiger partial charge in [-0.25, -0.2) is 8.42 Å². The summed E-state index contributed by atoms with van der Waals surface area (Å²) in [5, 5.41) is 9.65. The summed E-state index contributed by atoms with van der Waals surface area (Å²) in [7, 11) is -3.86. The molecule has 1 aromatic carbocycles. The van der Waals surface area contributed by atoms with E-state index in [-0.39, 0.29) is 24.9 Å². The fourth-order valence-electron chi connectivity index (χ4n) is 4.52. The van der Waals surface area contributed by atoms with Crippen LogP contribution in [0.5, 0.6) is 0 Å². The molecular formula is C33H53NO3S. The average Bonchev–Trinajstić information content (AvgIpc) is 2.83. The van der Waals surface area contributed by atoms with Gasteiger partial charge in [-0.3, -0.25) is 0 Å². The Morgan fingerprint density at radius 1 is 0.921 bits per heavy atom. The van der Waals surface area contributed by atoms with Gasteiger partial charge < -0.3 is 5.11 Å². The Labute approximate surface area is 234 Å². The SMILES string of the molecule is C=CCCCCCCCCC(=C)CN(CC#CC(C)O)S(=O)(=O)c1c(C(C)C)cc(C(C)C)cc1C(C)C. The molecule has 1 atom stereocenters. The molecule has 0 amide bonds. The van der Waals surface area contributed by atoms with E-state index in [2.05, 4.69) is 78.7 Å². The number of aliphatic hydroxyl groups excluding tert-OH is 1. The Morgan fingerprint density at radius 3 is 1.92 bits per heavy atom. The second-order valence-electron chi connectivity index (χ2n) is 11.5. The third-order valence-electron chi connectivity index (χ3n) is 6.83. The number of benzene rings is 1. The summed E-state index contributed by atoms with van der Waals surface area (Å²) in [5.74, 6) is 6.01. The summed E-state index contributed by atoms with van der Waals surface area (Å²) in [5.41, 5.74) is 3.77. The van der Waals surface area contributed by atoms with E-state index in [4.69, 9.17) is 0 Å². The van der Waals surface area contributed by atoms with Gasteiger partial charge in [0.25, 0.3) is 0 Å². The molecule has 4 nitrogen and oxygen atoms in total. The van der Waals surface area contributed by atoms with E-state index in [9.17, 15) is 13.5 Å². The summed E-state index contributed by atoms with van der Waals surface area (Å²) in [6.45, 7) is 22.3. The number of unbranched alkanes of at least 4 members (excludes halogenated alkanes) is 6. The van der Waals surface area contributed by atoms with Crippen LogP contribution in [0.25, 0.3) is 0 Å². The molecule has 0 fully saturated rings. The summed E-state index contributed by atoms with van der Waals surface area (Å²) >= 11 is 0. The van der Waals surface area contributed by atoms with Crippen molar-refractivity contribution < 1.29 is 13.5 Å². The van der Waals surface area contributed by atoms with E-state index in [1.54, 1.807) is 6.92 Å². The van der Waals surface area contributed by atoms with Crippen LogP contribution in [-0.4, -0.2) is 37.0 Å². The predicted molar refractivity (Wildman–Crippen MR) is 163 cm³/mol. The second-order valence-corrected chi connectivity index (χ2v) is 13.3. The highest BCUT2D eigenvalue weighted by atomic mass is 32.2. The number of nitrogens with zero attached hydrogens (tertiary/aromatic N) is 1. The zero-order valence-electron chi connectivity index (χ0n) is 25.1. The van der Waals surface area contributed by atoms with Crippen LogP contribution in [0.15, 0.2) is 41.8 Å². The minimum absolute atomic E-state index is 0.0244. The molecule has 0 heterocycles. The molecule has 38 heavy (non-hydrogen) atoms. The molecule has 1 rings (SSSR count). The van der Waals surface area contributed by atoms with Crippen molar-refractivity contribution in [1.82, 2.24) is 4.31 Å². The molecule has 0 aromatic heterocycles. The minimum atomic E-state index is -3.86. The molecule has 0 bridgehead atoms. The Bertz CT molecular complexity index is 1030. The van der Waals surface area contributed by atoms with Gasteiger partial charge in [-0.05, 0) is 67.1 Å². The Morgan fingerprint density at radius 2 is 1.45 bits per heavy atom. The third kappa shape index (κ3) is 11.1. The third-order valence-corrected chi connectivity index (χ3v) is 8.76. The van der Waals surface area contributed by atoms with Crippen LogP contribution in [0.4, 0.5) is 0 Å². The lowest BCUT2D eigenvalue weighted by Crippen LogP contribution is -2.35. The molecule has 1 aromatic rings. The first kappa shape index (κ1) is 34.2. The molecule has 214 valence electrons. The van der Waals surface area contributed by atoms with Crippen molar-refractivity contribution >= 4 is 10.0 Å². The first-order chi connectivity index (χ1) is 17.8. The van der Waals surface area contributed by atoms with Gasteiger partial charge >= 0.3 is 0 Å². The lowest BCUT2D eigenvalue weighted by Gasteiger charge is -2.28. The zero-order valence-corrected chi connectivity index (χ0v) is 26.0. The van der Waals surface area contributed by atoms with Crippen LogP contribution < -0.4 is 0 Å². The topological polar surface area (TPSA) is 57.6 Å². The highest BCUT2D eigenvalue weighted by molar-refractivity contribution is 7.89. The molecular weight excluding hydrogens is 490 g/mol. The van der Waals surface area contributed by atoms with Crippen molar-refractivity contribution in [3.63, 3.8) is 0 Å². The van der Waals surface area contributed by atoms with Crippen LogP contribution >= 0.6 is 0 Å². The van der Waals surface area contributed by atoms with Gasteiger partial charge in [-0.1, -0.05) is 109 Å². The lowest BCUT2D eigenvalue weighted by atomic mass is 9.89. The summed E-state index contributed by atoms with van der Waals surface area (Å²) in [6.07, 6.45) is 10.00. The van der Waals surface area contributed by atoms with Gasteiger partial charge in [-0.15, -0.1) is 6.58 Å². The number of rotatable bonds is 17. The van der Waals surface area contributed by atoms with Crippen LogP contribution in [0.3, 0.4) is 0 Å². The van der Waals surface area contributed by atoms with E-state index in [1.807, 2.05) is 6.08 Å². The second kappa shape index (κ2) is 17.0. The maximum Gasteiger partial charge on any atom is 0.244 e. The molecule has 0 aliphatic heterocycles. The van der Waals surface area contributed by atoms with E-state index in [0.29, 0.717) is 10.8 Å². The lowest BCUT2D eigenvalue weighted by molar-refractivity contribution is 0.253. The maximum absolute atomic E-state index is 14.3. The standard InChI is InChI=1S/C33H53NO3S/c1-10-11-12-13-14-15-16-17-19-28(8)24-34(21-18-20-29(9)35)38(36,37)33-31(26(4)5)22-30(25(2)3)23-32(33)27(6)7/h10,22-23,25-27,29,35H,1,8,11-17,19,21,24H2,2-7,9H3. The Balaban J connectivity index is 3.26. The van der Waals surface area contributed by atoms with Crippen molar-refractivity contribution in [3.05, 3.63) is 53.6 Å². The first-order valence-corrected chi connectivity index (χ1v) is 15.9. The quantitative estimate of drug-likeness (QED) is 0.122. The van der Waals surface area contributed by atoms with E-state index in [1.165, 1.54) is 30.0 Å². The Hall–Kier alpha value is -1.87. The maximum atomic E-state index is 14.3. The van der Waals surface area contributed by atoms with Crippen molar-refractivity contribution in [2.24, 2.45) is 0 Å². The molecule has 1 N–H and O–H groups in total. The number of hydrogen-bond acceptors (Lipinski definition) is 3. The fourth-order valence-corrected chi connectivity index (χ4v) is 6.55. The van der Waals surface area contributed by atoms with Gasteiger partial charge in [0, 0.05) is 6.54 Å².